The topological polar surface area (TPSA) is 34.1 Å². The molecule has 1 N–H and O–H groups in total. The number of nitrogens with one attached hydrogen (secondary N) is 1. The van der Waals surface area contributed by atoms with E-state index in [9.17, 15) is 0 Å². The van der Waals surface area contributed by atoms with Crippen molar-refractivity contribution in [3.63, 3.8) is 0 Å². The summed E-state index contributed by atoms with van der Waals surface area (Å²) in [5.41, 5.74) is 4.65. The van der Waals surface area contributed by atoms with Crippen LogP contribution >= 0.6 is 11.6 Å². The van der Waals surface area contributed by atoms with E-state index in [0.29, 0.717) is 16.8 Å². The van der Waals surface area contributed by atoms with Crippen molar-refractivity contribution in [2.75, 3.05) is 20.2 Å². The lowest BCUT2D eigenvalue weighted by molar-refractivity contribution is 0.398. The molecule has 1 aromatic heterocycles. The van der Waals surface area contributed by atoms with E-state index in [0.717, 1.165) is 30.8 Å². The third-order valence-corrected chi connectivity index (χ3v) is 5.13. The van der Waals surface area contributed by atoms with Crippen LogP contribution in [0.1, 0.15) is 44.0 Å². The minimum atomic E-state index is 0.138. The highest BCUT2D eigenvalue weighted by Crippen LogP contribution is 2.31. The Morgan fingerprint density at radius 1 is 1.19 bits per heavy atom. The molecule has 1 aliphatic heterocycles. The molecule has 0 bridgehead atoms. The molecule has 138 valence electrons. The number of pyridine rings is 1. The molecule has 0 radical (unpaired) electrons. The molecule has 0 amide bonds. The summed E-state index contributed by atoms with van der Waals surface area (Å²) in [5, 5.41) is 3.96. The molecule has 4 heteroatoms. The summed E-state index contributed by atoms with van der Waals surface area (Å²) in [6, 6.07) is 12.6. The van der Waals surface area contributed by atoms with Gasteiger partial charge in [-0.2, -0.15) is 0 Å². The monoisotopic (exact) mass is 370 g/mol. The van der Waals surface area contributed by atoms with E-state index in [2.05, 4.69) is 61.4 Å². The maximum atomic E-state index is 6.17. The van der Waals surface area contributed by atoms with Crippen molar-refractivity contribution in [1.29, 1.82) is 0 Å². The second kappa shape index (κ2) is 7.81. The van der Waals surface area contributed by atoms with Gasteiger partial charge in [-0.25, -0.2) is 4.98 Å². The molecule has 2 aromatic rings. The molecule has 1 fully saturated rings. The molecule has 0 saturated carbocycles. The van der Waals surface area contributed by atoms with Crippen LogP contribution in [0, 0.1) is 5.92 Å². The summed E-state index contributed by atoms with van der Waals surface area (Å²) in [6.45, 7) is 8.76. The number of halogens is 1. The molecular formula is C22H27ClN2O. The van der Waals surface area contributed by atoms with Gasteiger partial charge < -0.3 is 10.1 Å². The SMILES string of the molecule is COc1nc(C(=C[C@H]2CCNC2)c2ccc(C(C)(C)C)cc2)ccc1Cl. The molecule has 1 atom stereocenters. The molecule has 3 rings (SSSR count). The lowest BCUT2D eigenvalue weighted by Gasteiger charge is -2.20. The van der Waals surface area contributed by atoms with Crippen LogP contribution in [0.4, 0.5) is 0 Å². The van der Waals surface area contributed by atoms with Crippen LogP contribution in [0.3, 0.4) is 0 Å². The van der Waals surface area contributed by atoms with E-state index in [1.165, 1.54) is 11.1 Å². The Balaban J connectivity index is 2.04. The van der Waals surface area contributed by atoms with Crippen LogP contribution in [0.25, 0.3) is 5.57 Å². The molecule has 1 aromatic carbocycles. The van der Waals surface area contributed by atoms with Gasteiger partial charge in [0.25, 0.3) is 0 Å². The average molecular weight is 371 g/mol. The van der Waals surface area contributed by atoms with Crippen LogP contribution in [-0.4, -0.2) is 25.2 Å². The van der Waals surface area contributed by atoms with E-state index in [-0.39, 0.29) is 5.41 Å². The maximum absolute atomic E-state index is 6.17. The maximum Gasteiger partial charge on any atom is 0.232 e. The Bertz CT molecular complexity index is 785. The quantitative estimate of drug-likeness (QED) is 0.814. The Morgan fingerprint density at radius 3 is 2.50 bits per heavy atom. The Kier molecular flexibility index (Phi) is 5.69. The van der Waals surface area contributed by atoms with Gasteiger partial charge in [-0.15, -0.1) is 0 Å². The van der Waals surface area contributed by atoms with Crippen LogP contribution in [0.15, 0.2) is 42.5 Å². The molecule has 1 aliphatic rings. The lowest BCUT2D eigenvalue weighted by atomic mass is 9.85. The summed E-state index contributed by atoms with van der Waals surface area (Å²) in [4.78, 5) is 4.64. The third kappa shape index (κ3) is 4.28. The lowest BCUT2D eigenvalue weighted by Crippen LogP contribution is -2.11. The van der Waals surface area contributed by atoms with Gasteiger partial charge in [0.2, 0.25) is 5.88 Å². The predicted molar refractivity (Wildman–Crippen MR) is 109 cm³/mol. The molecule has 26 heavy (non-hydrogen) atoms. The largest absolute Gasteiger partial charge is 0.480 e. The van der Waals surface area contributed by atoms with Gasteiger partial charge in [-0.3, -0.25) is 0 Å². The molecule has 0 aliphatic carbocycles. The number of ether oxygens (including phenoxy) is 1. The second-order valence-corrected chi connectivity index (χ2v) is 8.26. The average Bonchev–Trinajstić information content (AvgIpc) is 3.13. The highest BCUT2D eigenvalue weighted by atomic mass is 35.5. The first-order chi connectivity index (χ1) is 12.4. The van der Waals surface area contributed by atoms with E-state index < -0.39 is 0 Å². The van der Waals surface area contributed by atoms with Crippen molar-refractivity contribution in [1.82, 2.24) is 10.3 Å². The predicted octanol–water partition coefficient (Wildman–Crippen LogP) is 5.08. The van der Waals surface area contributed by atoms with E-state index in [1.54, 1.807) is 7.11 Å². The first-order valence-corrected chi connectivity index (χ1v) is 9.50. The highest BCUT2D eigenvalue weighted by Gasteiger charge is 2.18. The molecular weight excluding hydrogens is 344 g/mol. The first-order valence-electron chi connectivity index (χ1n) is 9.13. The minimum absolute atomic E-state index is 0.138. The third-order valence-electron chi connectivity index (χ3n) is 4.85. The van der Waals surface area contributed by atoms with Gasteiger partial charge >= 0.3 is 0 Å². The van der Waals surface area contributed by atoms with E-state index in [4.69, 9.17) is 16.3 Å². The zero-order chi connectivity index (χ0) is 18.7. The normalized spacial score (nSPS) is 18.2. The standard InChI is InChI=1S/C22H27ClN2O/c1-22(2,3)17-7-5-16(6-8-17)18(13-15-11-12-24-14-15)20-10-9-19(23)21(25-20)26-4/h5-10,13,15,24H,11-12,14H2,1-4H3/t15-/m1/s1. The molecule has 1 saturated heterocycles. The van der Waals surface area contributed by atoms with Crippen LogP contribution in [0.2, 0.25) is 5.02 Å². The van der Waals surface area contributed by atoms with Crippen molar-refractivity contribution >= 4 is 17.2 Å². The van der Waals surface area contributed by atoms with Crippen molar-refractivity contribution in [3.05, 3.63) is 64.3 Å². The summed E-state index contributed by atoms with van der Waals surface area (Å²) in [7, 11) is 1.60. The highest BCUT2D eigenvalue weighted by molar-refractivity contribution is 6.31. The number of hydrogen-bond acceptors (Lipinski definition) is 3. The summed E-state index contributed by atoms with van der Waals surface area (Å²) >= 11 is 6.17. The van der Waals surface area contributed by atoms with Crippen molar-refractivity contribution in [2.45, 2.75) is 32.6 Å². The van der Waals surface area contributed by atoms with Crippen molar-refractivity contribution < 1.29 is 4.74 Å². The first kappa shape index (κ1) is 18.9. The van der Waals surface area contributed by atoms with Crippen LogP contribution < -0.4 is 10.1 Å². The fourth-order valence-corrected chi connectivity index (χ4v) is 3.43. The summed E-state index contributed by atoms with van der Waals surface area (Å²) in [5.74, 6) is 0.974. The Labute approximate surface area is 161 Å². The Hall–Kier alpha value is -1.84. The molecule has 0 unspecified atom stereocenters. The Morgan fingerprint density at radius 2 is 1.92 bits per heavy atom. The number of aromatic nitrogens is 1. The zero-order valence-corrected chi connectivity index (χ0v) is 16.7. The summed E-state index contributed by atoms with van der Waals surface area (Å²) < 4.78 is 5.32. The van der Waals surface area contributed by atoms with Gasteiger partial charge in [-0.1, -0.05) is 62.7 Å². The van der Waals surface area contributed by atoms with E-state index >= 15 is 0 Å². The molecule has 0 spiro atoms. The second-order valence-electron chi connectivity index (χ2n) is 7.85. The minimum Gasteiger partial charge on any atom is -0.480 e. The number of rotatable bonds is 4. The number of nitrogens with zero attached hydrogens (tertiary/aromatic N) is 1. The fraction of sp³-hybridized carbons (Fsp3) is 0.409. The van der Waals surface area contributed by atoms with E-state index in [1.807, 2.05) is 12.1 Å². The van der Waals surface area contributed by atoms with Crippen molar-refractivity contribution in [2.24, 2.45) is 5.92 Å². The number of hydrogen-bond donors (Lipinski definition) is 1. The summed E-state index contributed by atoms with van der Waals surface area (Å²) in [6.07, 6.45) is 3.48. The zero-order valence-electron chi connectivity index (χ0n) is 16.0. The number of methoxy groups -OCH3 is 1. The van der Waals surface area contributed by atoms with Gasteiger partial charge in [0.1, 0.15) is 5.02 Å². The molecule has 3 nitrogen and oxygen atoms in total. The van der Waals surface area contributed by atoms with Crippen LogP contribution in [-0.2, 0) is 5.41 Å². The van der Waals surface area contributed by atoms with Gasteiger partial charge in [-0.05, 0) is 47.6 Å². The van der Waals surface area contributed by atoms with Gasteiger partial charge in [0.05, 0.1) is 12.8 Å². The van der Waals surface area contributed by atoms with Crippen molar-refractivity contribution in [3.8, 4) is 5.88 Å². The number of benzene rings is 1. The van der Waals surface area contributed by atoms with Gasteiger partial charge in [0.15, 0.2) is 0 Å². The fourth-order valence-electron chi connectivity index (χ4n) is 3.25. The molecule has 2 heterocycles. The smallest absolute Gasteiger partial charge is 0.232 e. The van der Waals surface area contributed by atoms with Crippen LogP contribution in [0.5, 0.6) is 5.88 Å². The van der Waals surface area contributed by atoms with Gasteiger partial charge in [0, 0.05) is 12.1 Å².